The van der Waals surface area contributed by atoms with Crippen LogP contribution < -0.4 is 5.32 Å². The van der Waals surface area contributed by atoms with E-state index in [4.69, 9.17) is 4.42 Å². The predicted molar refractivity (Wildman–Crippen MR) is 79.9 cm³/mol. The molecule has 0 atom stereocenters. The van der Waals surface area contributed by atoms with Gasteiger partial charge in [-0.05, 0) is 47.2 Å². The maximum atomic E-state index is 5.83. The molecule has 1 N–H and O–H groups in total. The van der Waals surface area contributed by atoms with Gasteiger partial charge in [-0.1, -0.05) is 12.1 Å². The zero-order valence-corrected chi connectivity index (χ0v) is 12.1. The fourth-order valence-corrected chi connectivity index (χ4v) is 2.47. The number of para-hydroxylation sites is 1. The van der Waals surface area contributed by atoms with Crippen LogP contribution in [0.15, 0.2) is 51.5 Å². The van der Waals surface area contributed by atoms with Gasteiger partial charge >= 0.3 is 0 Å². The number of nitrogens with one attached hydrogen (secondary N) is 1. The van der Waals surface area contributed by atoms with E-state index in [1.165, 1.54) is 0 Å². The maximum absolute atomic E-state index is 5.83. The van der Waals surface area contributed by atoms with Crippen molar-refractivity contribution >= 4 is 26.8 Å². The molecule has 0 saturated heterocycles. The van der Waals surface area contributed by atoms with Gasteiger partial charge in [0.2, 0.25) is 0 Å². The topological polar surface area (TPSA) is 38.1 Å². The van der Waals surface area contributed by atoms with Crippen molar-refractivity contribution in [1.82, 2.24) is 10.3 Å². The van der Waals surface area contributed by atoms with Gasteiger partial charge in [0, 0.05) is 21.6 Å². The number of nitrogens with zero attached hydrogens (tertiary/aromatic N) is 1. The minimum Gasteiger partial charge on any atom is -0.460 e. The minimum atomic E-state index is 0.726. The van der Waals surface area contributed by atoms with Crippen LogP contribution >= 0.6 is 15.9 Å². The van der Waals surface area contributed by atoms with E-state index in [9.17, 15) is 0 Å². The Morgan fingerprint density at radius 2 is 2.16 bits per heavy atom. The average molecular weight is 317 g/mol. The number of hydrogen-bond donors (Lipinski definition) is 1. The standard InChI is InChI=1S/C15H13BrN2O/c1-17-9-12-5-6-14(19-12)13-4-2-3-10-7-11(16)8-18-15(10)13/h2-8,17H,9H2,1H3. The fraction of sp³-hybridized carbons (Fsp3) is 0.133. The van der Waals surface area contributed by atoms with Crippen LogP contribution in [0, 0.1) is 0 Å². The van der Waals surface area contributed by atoms with Gasteiger partial charge in [-0.2, -0.15) is 0 Å². The highest BCUT2D eigenvalue weighted by atomic mass is 79.9. The van der Waals surface area contributed by atoms with Gasteiger partial charge in [-0.3, -0.25) is 4.98 Å². The molecule has 0 aliphatic heterocycles. The van der Waals surface area contributed by atoms with Crippen LogP contribution in [-0.4, -0.2) is 12.0 Å². The Morgan fingerprint density at radius 3 is 3.00 bits per heavy atom. The first-order valence-corrected chi connectivity index (χ1v) is 6.85. The van der Waals surface area contributed by atoms with Crippen molar-refractivity contribution < 1.29 is 4.42 Å². The molecule has 0 saturated carbocycles. The third-order valence-corrected chi connectivity index (χ3v) is 3.39. The smallest absolute Gasteiger partial charge is 0.136 e. The van der Waals surface area contributed by atoms with Crippen molar-refractivity contribution in [3.63, 3.8) is 0 Å². The SMILES string of the molecule is CNCc1ccc(-c2cccc3cc(Br)cnc23)o1. The first-order chi connectivity index (χ1) is 9.28. The molecule has 0 spiro atoms. The Labute approximate surface area is 119 Å². The number of pyridine rings is 1. The van der Waals surface area contributed by atoms with Gasteiger partial charge in [0.15, 0.2) is 0 Å². The number of fused-ring (bicyclic) bond motifs is 1. The van der Waals surface area contributed by atoms with Crippen LogP contribution in [0.1, 0.15) is 5.76 Å². The van der Waals surface area contributed by atoms with E-state index >= 15 is 0 Å². The molecule has 3 nitrogen and oxygen atoms in total. The van der Waals surface area contributed by atoms with Gasteiger partial charge in [0.05, 0.1) is 12.1 Å². The van der Waals surface area contributed by atoms with Crippen LogP contribution in [0.25, 0.3) is 22.2 Å². The van der Waals surface area contributed by atoms with Crippen molar-refractivity contribution in [3.8, 4) is 11.3 Å². The molecular formula is C15H13BrN2O. The number of aromatic nitrogens is 1. The monoisotopic (exact) mass is 316 g/mol. The van der Waals surface area contributed by atoms with E-state index in [1.807, 2.05) is 43.6 Å². The maximum Gasteiger partial charge on any atom is 0.136 e. The van der Waals surface area contributed by atoms with Gasteiger partial charge in [0.25, 0.3) is 0 Å². The first kappa shape index (κ1) is 12.4. The zero-order chi connectivity index (χ0) is 13.2. The number of furan rings is 1. The molecule has 2 heterocycles. The highest BCUT2D eigenvalue weighted by molar-refractivity contribution is 9.10. The summed E-state index contributed by atoms with van der Waals surface area (Å²) in [6.45, 7) is 0.726. The largest absolute Gasteiger partial charge is 0.460 e. The van der Waals surface area contributed by atoms with Crippen LogP contribution in [0.3, 0.4) is 0 Å². The molecule has 0 radical (unpaired) electrons. The minimum absolute atomic E-state index is 0.726. The van der Waals surface area contributed by atoms with Gasteiger partial charge in [-0.25, -0.2) is 0 Å². The normalized spacial score (nSPS) is 11.1. The van der Waals surface area contributed by atoms with Crippen LogP contribution in [0.2, 0.25) is 0 Å². The van der Waals surface area contributed by atoms with Crippen LogP contribution in [0.4, 0.5) is 0 Å². The Balaban J connectivity index is 2.13. The summed E-state index contributed by atoms with van der Waals surface area (Å²) in [7, 11) is 1.90. The summed E-state index contributed by atoms with van der Waals surface area (Å²) in [4.78, 5) is 4.49. The van der Waals surface area contributed by atoms with Crippen molar-refractivity contribution in [2.75, 3.05) is 7.05 Å². The molecule has 0 amide bonds. The third kappa shape index (κ3) is 2.41. The summed E-state index contributed by atoms with van der Waals surface area (Å²) in [5.41, 5.74) is 1.98. The molecule has 0 fully saturated rings. The molecule has 0 aliphatic rings. The summed E-state index contributed by atoms with van der Waals surface area (Å²) in [6, 6.07) is 12.1. The van der Waals surface area contributed by atoms with E-state index in [1.54, 1.807) is 0 Å². The lowest BCUT2D eigenvalue weighted by Crippen LogP contribution is -2.03. The average Bonchev–Trinajstić information content (AvgIpc) is 2.86. The molecule has 19 heavy (non-hydrogen) atoms. The predicted octanol–water partition coefficient (Wildman–Crippen LogP) is 3.98. The summed E-state index contributed by atoms with van der Waals surface area (Å²) in [5.74, 6) is 1.78. The van der Waals surface area contributed by atoms with E-state index < -0.39 is 0 Å². The van der Waals surface area contributed by atoms with Gasteiger partial charge in [0.1, 0.15) is 11.5 Å². The van der Waals surface area contributed by atoms with E-state index in [2.05, 4.69) is 32.3 Å². The quantitative estimate of drug-likeness (QED) is 0.794. The van der Waals surface area contributed by atoms with Crippen molar-refractivity contribution in [1.29, 1.82) is 0 Å². The Kier molecular flexibility index (Phi) is 3.36. The number of benzene rings is 1. The van der Waals surface area contributed by atoms with Gasteiger partial charge in [-0.15, -0.1) is 0 Å². The van der Waals surface area contributed by atoms with E-state index in [-0.39, 0.29) is 0 Å². The van der Waals surface area contributed by atoms with Crippen LogP contribution in [-0.2, 0) is 6.54 Å². The van der Waals surface area contributed by atoms with Crippen molar-refractivity contribution in [3.05, 3.63) is 52.8 Å². The lowest BCUT2D eigenvalue weighted by atomic mass is 10.1. The molecule has 4 heteroatoms. The number of halogens is 1. The third-order valence-electron chi connectivity index (χ3n) is 2.96. The second-order valence-electron chi connectivity index (χ2n) is 4.33. The van der Waals surface area contributed by atoms with Crippen LogP contribution in [0.5, 0.6) is 0 Å². The summed E-state index contributed by atoms with van der Waals surface area (Å²) in [5, 5.41) is 4.17. The Morgan fingerprint density at radius 1 is 1.26 bits per heavy atom. The lowest BCUT2D eigenvalue weighted by Gasteiger charge is -2.03. The van der Waals surface area contributed by atoms with Crippen molar-refractivity contribution in [2.24, 2.45) is 0 Å². The molecule has 3 aromatic rings. The second-order valence-corrected chi connectivity index (χ2v) is 5.24. The molecule has 0 bridgehead atoms. The molecule has 3 rings (SSSR count). The fourth-order valence-electron chi connectivity index (χ4n) is 2.12. The second kappa shape index (κ2) is 5.15. The summed E-state index contributed by atoms with van der Waals surface area (Å²) < 4.78 is 6.81. The highest BCUT2D eigenvalue weighted by Gasteiger charge is 2.09. The first-order valence-electron chi connectivity index (χ1n) is 6.06. The molecule has 0 aliphatic carbocycles. The Bertz CT molecular complexity index is 721. The van der Waals surface area contributed by atoms with E-state index in [0.717, 1.165) is 39.0 Å². The molecule has 0 unspecified atom stereocenters. The highest BCUT2D eigenvalue weighted by Crippen LogP contribution is 2.29. The lowest BCUT2D eigenvalue weighted by molar-refractivity contribution is 0.507. The number of hydrogen-bond acceptors (Lipinski definition) is 3. The summed E-state index contributed by atoms with van der Waals surface area (Å²) >= 11 is 3.44. The van der Waals surface area contributed by atoms with Gasteiger partial charge < -0.3 is 9.73 Å². The van der Waals surface area contributed by atoms with E-state index in [0.29, 0.717) is 0 Å². The molecule has 96 valence electrons. The number of rotatable bonds is 3. The summed E-state index contributed by atoms with van der Waals surface area (Å²) in [6.07, 6.45) is 1.81. The Hall–Kier alpha value is -1.65. The zero-order valence-electron chi connectivity index (χ0n) is 10.5. The molecule has 2 aromatic heterocycles. The van der Waals surface area contributed by atoms with Crippen molar-refractivity contribution in [2.45, 2.75) is 6.54 Å². The molecule has 1 aromatic carbocycles. The molecular weight excluding hydrogens is 304 g/mol.